The lowest BCUT2D eigenvalue weighted by Gasteiger charge is -1.93. The number of hydrogen-bond acceptors (Lipinski definition) is 4. The molecule has 0 aromatic carbocycles. The molecule has 0 bridgehead atoms. The van der Waals surface area contributed by atoms with Gasteiger partial charge < -0.3 is 5.11 Å². The summed E-state index contributed by atoms with van der Waals surface area (Å²) in [6.45, 7) is 0. The van der Waals surface area contributed by atoms with E-state index in [2.05, 4.69) is 4.98 Å². The first-order chi connectivity index (χ1) is 5.59. The largest absolute Gasteiger partial charge is 0.474 e. The predicted molar refractivity (Wildman–Crippen MR) is 43.4 cm³/mol. The van der Waals surface area contributed by atoms with Crippen LogP contribution in [0.2, 0.25) is 4.34 Å². The Balaban J connectivity index is 2.64. The van der Waals surface area contributed by atoms with Gasteiger partial charge in [0.1, 0.15) is 4.34 Å². The Labute approximate surface area is 76.0 Å². The van der Waals surface area contributed by atoms with E-state index in [-0.39, 0.29) is 5.13 Å². The molecular formula is C5H3ClN2O3S. The van der Waals surface area contributed by atoms with Gasteiger partial charge >= 0.3 is 11.9 Å². The van der Waals surface area contributed by atoms with Crippen molar-refractivity contribution in [3.8, 4) is 0 Å². The minimum Gasteiger partial charge on any atom is -0.474 e. The number of carbonyl (C=O) groups excluding carboxylic acids is 1. The molecule has 12 heavy (non-hydrogen) atoms. The predicted octanol–water partition coefficient (Wildman–Crippen LogP) is 0.820. The average Bonchev–Trinajstić information content (AvgIpc) is 2.35. The standard InChI is InChI=1S/C5H3ClN2O3S/c6-2-1-7-5(12-2)8-3(9)4(10)11/h1H,(H,10,11)(H,7,8,9). The molecule has 0 spiro atoms. The van der Waals surface area contributed by atoms with Crippen molar-refractivity contribution in [2.24, 2.45) is 0 Å². The number of halogens is 1. The van der Waals surface area contributed by atoms with Crippen molar-refractivity contribution >= 4 is 39.9 Å². The number of aromatic nitrogens is 1. The molecule has 0 radical (unpaired) electrons. The van der Waals surface area contributed by atoms with Gasteiger partial charge in [0, 0.05) is 0 Å². The summed E-state index contributed by atoms with van der Waals surface area (Å²) in [5.41, 5.74) is 0. The second-order valence-electron chi connectivity index (χ2n) is 1.73. The lowest BCUT2D eigenvalue weighted by molar-refractivity contribution is -0.147. The van der Waals surface area contributed by atoms with E-state index in [0.717, 1.165) is 11.3 Å². The summed E-state index contributed by atoms with van der Waals surface area (Å²) in [6.07, 6.45) is 1.32. The Hall–Kier alpha value is -1.14. The van der Waals surface area contributed by atoms with Crippen LogP contribution < -0.4 is 5.32 Å². The van der Waals surface area contributed by atoms with Gasteiger partial charge in [-0.25, -0.2) is 9.78 Å². The Morgan fingerprint density at radius 1 is 1.67 bits per heavy atom. The molecule has 0 saturated heterocycles. The number of amides is 1. The number of nitrogens with zero attached hydrogens (tertiary/aromatic N) is 1. The quantitative estimate of drug-likeness (QED) is 0.667. The molecule has 0 aliphatic rings. The number of carbonyl (C=O) groups is 2. The fourth-order valence-electron chi connectivity index (χ4n) is 0.463. The van der Waals surface area contributed by atoms with E-state index >= 15 is 0 Å². The fourth-order valence-corrected chi connectivity index (χ4v) is 1.27. The molecule has 0 saturated carbocycles. The smallest absolute Gasteiger partial charge is 0.394 e. The van der Waals surface area contributed by atoms with Crippen LogP contribution in [0, 0.1) is 0 Å². The van der Waals surface area contributed by atoms with Crippen molar-refractivity contribution in [3.05, 3.63) is 10.5 Å². The summed E-state index contributed by atoms with van der Waals surface area (Å²) in [5.74, 6) is -2.68. The van der Waals surface area contributed by atoms with Crippen molar-refractivity contribution in [2.45, 2.75) is 0 Å². The summed E-state index contributed by atoms with van der Waals surface area (Å²) in [7, 11) is 0. The first-order valence-electron chi connectivity index (χ1n) is 2.75. The summed E-state index contributed by atoms with van der Waals surface area (Å²) in [5, 5.41) is 10.4. The summed E-state index contributed by atoms with van der Waals surface area (Å²) >= 11 is 6.47. The van der Waals surface area contributed by atoms with Crippen molar-refractivity contribution in [2.75, 3.05) is 5.32 Å². The monoisotopic (exact) mass is 206 g/mol. The van der Waals surface area contributed by atoms with E-state index in [1.165, 1.54) is 6.20 Å². The van der Waals surface area contributed by atoms with Crippen LogP contribution >= 0.6 is 22.9 Å². The molecular weight excluding hydrogens is 204 g/mol. The molecule has 5 nitrogen and oxygen atoms in total. The van der Waals surface area contributed by atoms with Crippen LogP contribution in [0.5, 0.6) is 0 Å². The Bertz CT molecular complexity index is 324. The van der Waals surface area contributed by atoms with E-state index in [9.17, 15) is 9.59 Å². The van der Waals surface area contributed by atoms with E-state index < -0.39 is 11.9 Å². The fraction of sp³-hybridized carbons (Fsp3) is 0. The van der Waals surface area contributed by atoms with E-state index in [0.29, 0.717) is 4.34 Å². The Morgan fingerprint density at radius 2 is 2.33 bits per heavy atom. The number of carboxylic acids is 1. The van der Waals surface area contributed by atoms with Gasteiger partial charge in [-0.15, -0.1) is 0 Å². The molecule has 64 valence electrons. The Morgan fingerprint density at radius 3 is 2.75 bits per heavy atom. The van der Waals surface area contributed by atoms with Crippen molar-refractivity contribution in [3.63, 3.8) is 0 Å². The number of thiazole rings is 1. The zero-order valence-electron chi connectivity index (χ0n) is 5.57. The second-order valence-corrected chi connectivity index (χ2v) is 3.39. The molecule has 1 heterocycles. The van der Waals surface area contributed by atoms with Gasteiger partial charge in [0.25, 0.3) is 0 Å². The molecule has 7 heteroatoms. The maximum absolute atomic E-state index is 10.5. The minimum absolute atomic E-state index is 0.174. The van der Waals surface area contributed by atoms with Crippen LogP contribution in [0.15, 0.2) is 6.20 Å². The summed E-state index contributed by atoms with van der Waals surface area (Å²) < 4.78 is 0.385. The first-order valence-corrected chi connectivity index (χ1v) is 3.94. The molecule has 0 atom stereocenters. The van der Waals surface area contributed by atoms with Crippen LogP contribution in [0.25, 0.3) is 0 Å². The molecule has 1 amide bonds. The van der Waals surface area contributed by atoms with Crippen molar-refractivity contribution < 1.29 is 14.7 Å². The van der Waals surface area contributed by atoms with Crippen LogP contribution in [-0.4, -0.2) is 22.0 Å². The minimum atomic E-state index is -1.55. The SMILES string of the molecule is O=C(O)C(=O)Nc1ncc(Cl)s1. The van der Waals surface area contributed by atoms with Crippen molar-refractivity contribution in [1.82, 2.24) is 4.98 Å². The highest BCUT2D eigenvalue weighted by Crippen LogP contribution is 2.22. The maximum atomic E-state index is 10.5. The third kappa shape index (κ3) is 2.18. The molecule has 1 rings (SSSR count). The van der Waals surface area contributed by atoms with Gasteiger partial charge in [0.2, 0.25) is 0 Å². The van der Waals surface area contributed by atoms with E-state index in [1.807, 2.05) is 5.32 Å². The Kier molecular flexibility index (Phi) is 2.61. The normalized spacial score (nSPS) is 9.42. The number of carboxylic acid groups (broad SMARTS) is 1. The third-order valence-corrected chi connectivity index (χ3v) is 1.92. The van der Waals surface area contributed by atoms with Gasteiger partial charge in [-0.3, -0.25) is 10.1 Å². The zero-order chi connectivity index (χ0) is 9.14. The van der Waals surface area contributed by atoms with Crippen molar-refractivity contribution in [1.29, 1.82) is 0 Å². The molecule has 1 aromatic heterocycles. The van der Waals surface area contributed by atoms with Crippen LogP contribution in [0.4, 0.5) is 5.13 Å². The lowest BCUT2D eigenvalue weighted by atomic mass is 10.6. The van der Waals surface area contributed by atoms with Crippen LogP contribution in [-0.2, 0) is 9.59 Å². The van der Waals surface area contributed by atoms with E-state index in [4.69, 9.17) is 16.7 Å². The van der Waals surface area contributed by atoms with Gasteiger partial charge in [0.05, 0.1) is 6.20 Å². The number of anilines is 1. The van der Waals surface area contributed by atoms with Gasteiger partial charge in [-0.1, -0.05) is 22.9 Å². The highest BCUT2D eigenvalue weighted by molar-refractivity contribution is 7.19. The second kappa shape index (κ2) is 3.51. The van der Waals surface area contributed by atoms with Gasteiger partial charge in [0.15, 0.2) is 5.13 Å². The zero-order valence-corrected chi connectivity index (χ0v) is 7.15. The number of aliphatic carboxylic acids is 1. The maximum Gasteiger partial charge on any atom is 0.394 e. The lowest BCUT2D eigenvalue weighted by Crippen LogP contribution is -2.21. The number of hydrogen-bond donors (Lipinski definition) is 2. The van der Waals surface area contributed by atoms with Crippen LogP contribution in [0.3, 0.4) is 0 Å². The summed E-state index contributed by atoms with van der Waals surface area (Å²) in [6, 6.07) is 0. The van der Waals surface area contributed by atoms with E-state index in [1.54, 1.807) is 0 Å². The molecule has 0 aliphatic heterocycles. The summed E-state index contributed by atoms with van der Waals surface area (Å²) in [4.78, 5) is 24.2. The molecule has 0 unspecified atom stereocenters. The molecule has 0 aliphatic carbocycles. The first kappa shape index (κ1) is 8.95. The highest BCUT2D eigenvalue weighted by atomic mass is 35.5. The number of rotatable bonds is 1. The van der Waals surface area contributed by atoms with Gasteiger partial charge in [-0.2, -0.15) is 0 Å². The molecule has 0 fully saturated rings. The van der Waals surface area contributed by atoms with Crippen LogP contribution in [0.1, 0.15) is 0 Å². The third-order valence-electron chi connectivity index (χ3n) is 0.892. The molecule has 1 aromatic rings. The average molecular weight is 207 g/mol. The highest BCUT2D eigenvalue weighted by Gasteiger charge is 2.12. The number of nitrogens with one attached hydrogen (secondary N) is 1. The molecule has 2 N–H and O–H groups in total. The topological polar surface area (TPSA) is 79.3 Å². The van der Waals surface area contributed by atoms with Gasteiger partial charge in [-0.05, 0) is 0 Å².